The Morgan fingerprint density at radius 2 is 2.05 bits per heavy atom. The van der Waals surface area contributed by atoms with Gasteiger partial charge in [0, 0.05) is 32.6 Å². The predicted molar refractivity (Wildman–Crippen MR) is 104 cm³/mol. The number of hydrogen-bond acceptors (Lipinski definition) is 3. The minimum absolute atomic E-state index is 0. The predicted octanol–water partition coefficient (Wildman–Crippen LogP) is 2.58. The molecule has 0 amide bonds. The second kappa shape index (κ2) is 10.9. The fourth-order valence-electron chi connectivity index (χ4n) is 2.30. The van der Waals surface area contributed by atoms with Crippen LogP contribution in [0.25, 0.3) is 0 Å². The summed E-state index contributed by atoms with van der Waals surface area (Å²) in [6, 6.07) is 3.91. The maximum atomic E-state index is 5.33. The molecule has 0 aliphatic heterocycles. The summed E-state index contributed by atoms with van der Waals surface area (Å²) < 4.78 is 5.33. The highest BCUT2D eigenvalue weighted by atomic mass is 127. The van der Waals surface area contributed by atoms with E-state index in [0.717, 1.165) is 44.3 Å². The number of rotatable bonds is 8. The molecule has 22 heavy (non-hydrogen) atoms. The van der Waals surface area contributed by atoms with Crippen LogP contribution in [0.3, 0.4) is 0 Å². The Morgan fingerprint density at radius 1 is 1.32 bits per heavy atom. The summed E-state index contributed by atoms with van der Waals surface area (Å²) in [4.78, 5) is 6.90. The molecule has 1 rings (SSSR count). The molecule has 0 radical (unpaired) electrons. The Balaban J connectivity index is 0.00000441. The zero-order valence-corrected chi connectivity index (χ0v) is 16.8. The van der Waals surface area contributed by atoms with E-state index in [1.165, 1.54) is 0 Å². The Hall–Kier alpha value is -0.760. The summed E-state index contributed by atoms with van der Waals surface area (Å²) in [5.41, 5.74) is 0.160. The molecule has 2 N–H and O–H groups in total. The first-order valence-corrected chi connectivity index (χ1v) is 7.62. The van der Waals surface area contributed by atoms with Crippen molar-refractivity contribution in [3.63, 3.8) is 0 Å². The van der Waals surface area contributed by atoms with E-state index in [1.54, 1.807) is 6.26 Å². The third-order valence-electron chi connectivity index (χ3n) is 3.00. The molecule has 1 aromatic rings. The van der Waals surface area contributed by atoms with Gasteiger partial charge in [-0.15, -0.1) is 24.0 Å². The molecule has 0 atom stereocenters. The molecule has 128 valence electrons. The average molecular weight is 422 g/mol. The maximum Gasteiger partial charge on any atom is 0.191 e. The van der Waals surface area contributed by atoms with E-state index in [1.807, 2.05) is 12.1 Å². The number of nitrogens with one attached hydrogen (secondary N) is 2. The van der Waals surface area contributed by atoms with Crippen LogP contribution in [0.5, 0.6) is 0 Å². The number of nitrogens with zero attached hydrogens (tertiary/aromatic N) is 2. The third-order valence-corrected chi connectivity index (χ3v) is 3.00. The molecule has 0 fully saturated rings. The molecular formula is C16H31IN4O. The highest BCUT2D eigenvalue weighted by Gasteiger charge is 2.18. The first kappa shape index (κ1) is 21.2. The van der Waals surface area contributed by atoms with Gasteiger partial charge in [-0.3, -0.25) is 4.99 Å². The molecule has 0 bridgehead atoms. The van der Waals surface area contributed by atoms with Crippen LogP contribution in [0.1, 0.15) is 26.5 Å². The SMILES string of the molecule is CCNC(=NCC(C)(C)CN(C)C)NCCc1ccco1.I. The Morgan fingerprint density at radius 3 is 2.59 bits per heavy atom. The minimum atomic E-state index is 0. The van der Waals surface area contributed by atoms with Crippen molar-refractivity contribution < 1.29 is 4.42 Å². The highest BCUT2D eigenvalue weighted by molar-refractivity contribution is 14.0. The molecule has 0 spiro atoms. The van der Waals surface area contributed by atoms with Crippen molar-refractivity contribution >= 4 is 29.9 Å². The molecule has 0 aliphatic rings. The third kappa shape index (κ3) is 9.30. The van der Waals surface area contributed by atoms with Gasteiger partial charge in [-0.05, 0) is 38.6 Å². The molecule has 0 saturated carbocycles. The lowest BCUT2D eigenvalue weighted by Crippen LogP contribution is -2.40. The van der Waals surface area contributed by atoms with Crippen LogP contribution in [0, 0.1) is 5.41 Å². The average Bonchev–Trinajstić information content (AvgIpc) is 2.87. The van der Waals surface area contributed by atoms with Crippen LogP contribution in [-0.4, -0.2) is 51.1 Å². The van der Waals surface area contributed by atoms with E-state index in [2.05, 4.69) is 50.4 Å². The van der Waals surface area contributed by atoms with Gasteiger partial charge in [0.2, 0.25) is 0 Å². The molecule has 6 heteroatoms. The van der Waals surface area contributed by atoms with Gasteiger partial charge in [0.1, 0.15) is 5.76 Å². The van der Waals surface area contributed by atoms with Gasteiger partial charge in [-0.1, -0.05) is 13.8 Å². The van der Waals surface area contributed by atoms with Crippen LogP contribution in [0.2, 0.25) is 0 Å². The molecule has 0 saturated heterocycles. The fraction of sp³-hybridized carbons (Fsp3) is 0.688. The van der Waals surface area contributed by atoms with Crippen molar-refractivity contribution in [1.29, 1.82) is 0 Å². The van der Waals surface area contributed by atoms with E-state index >= 15 is 0 Å². The van der Waals surface area contributed by atoms with Crippen LogP contribution in [0.4, 0.5) is 0 Å². The lowest BCUT2D eigenvalue weighted by Gasteiger charge is -2.26. The van der Waals surface area contributed by atoms with Gasteiger partial charge >= 0.3 is 0 Å². The van der Waals surface area contributed by atoms with Gasteiger partial charge < -0.3 is 20.0 Å². The van der Waals surface area contributed by atoms with E-state index in [0.29, 0.717) is 0 Å². The summed E-state index contributed by atoms with van der Waals surface area (Å²) >= 11 is 0. The molecule has 1 aromatic heterocycles. The second-order valence-electron chi connectivity index (χ2n) is 6.35. The first-order valence-electron chi connectivity index (χ1n) is 7.62. The zero-order chi connectivity index (χ0) is 15.7. The van der Waals surface area contributed by atoms with Crippen molar-refractivity contribution in [2.75, 3.05) is 40.3 Å². The number of aliphatic imine (C=N–C) groups is 1. The molecule has 0 unspecified atom stereocenters. The lowest BCUT2D eigenvalue weighted by atomic mass is 9.93. The van der Waals surface area contributed by atoms with Gasteiger partial charge in [0.15, 0.2) is 5.96 Å². The van der Waals surface area contributed by atoms with Gasteiger partial charge in [-0.2, -0.15) is 0 Å². The van der Waals surface area contributed by atoms with Crippen molar-refractivity contribution in [2.24, 2.45) is 10.4 Å². The van der Waals surface area contributed by atoms with E-state index < -0.39 is 0 Å². The molecular weight excluding hydrogens is 391 g/mol. The van der Waals surface area contributed by atoms with Crippen molar-refractivity contribution in [3.05, 3.63) is 24.2 Å². The summed E-state index contributed by atoms with van der Waals surface area (Å²) in [6.07, 6.45) is 2.57. The number of furan rings is 1. The van der Waals surface area contributed by atoms with Crippen molar-refractivity contribution in [1.82, 2.24) is 15.5 Å². The standard InChI is InChI=1S/C16H30N4O.HI/c1-6-17-15(18-10-9-14-8-7-11-21-14)19-12-16(2,3)13-20(4)5;/h7-8,11H,6,9-10,12-13H2,1-5H3,(H2,17,18,19);1H. The van der Waals surface area contributed by atoms with Crippen LogP contribution >= 0.6 is 24.0 Å². The fourth-order valence-corrected chi connectivity index (χ4v) is 2.30. The highest BCUT2D eigenvalue weighted by Crippen LogP contribution is 2.15. The first-order chi connectivity index (χ1) is 9.93. The molecule has 1 heterocycles. The minimum Gasteiger partial charge on any atom is -0.469 e. The van der Waals surface area contributed by atoms with Crippen LogP contribution in [-0.2, 0) is 6.42 Å². The van der Waals surface area contributed by atoms with Gasteiger partial charge in [-0.25, -0.2) is 0 Å². The van der Waals surface area contributed by atoms with E-state index in [9.17, 15) is 0 Å². The summed E-state index contributed by atoms with van der Waals surface area (Å²) in [5.74, 6) is 1.86. The lowest BCUT2D eigenvalue weighted by molar-refractivity contribution is 0.248. The molecule has 5 nitrogen and oxygen atoms in total. The Kier molecular flexibility index (Phi) is 10.5. The summed E-state index contributed by atoms with van der Waals surface area (Å²) in [7, 11) is 4.19. The monoisotopic (exact) mass is 422 g/mol. The Labute approximate surface area is 152 Å². The number of halogens is 1. The van der Waals surface area contributed by atoms with Crippen molar-refractivity contribution in [2.45, 2.75) is 27.2 Å². The number of guanidine groups is 1. The van der Waals surface area contributed by atoms with E-state index in [4.69, 9.17) is 9.41 Å². The maximum absolute atomic E-state index is 5.33. The second-order valence-corrected chi connectivity index (χ2v) is 6.35. The van der Waals surface area contributed by atoms with E-state index in [-0.39, 0.29) is 29.4 Å². The molecule has 0 aliphatic carbocycles. The van der Waals surface area contributed by atoms with Crippen molar-refractivity contribution in [3.8, 4) is 0 Å². The quantitative estimate of drug-likeness (QED) is 0.384. The van der Waals surface area contributed by atoms with Gasteiger partial charge in [0.05, 0.1) is 6.26 Å². The smallest absolute Gasteiger partial charge is 0.191 e. The molecule has 0 aromatic carbocycles. The van der Waals surface area contributed by atoms with Crippen LogP contribution in [0.15, 0.2) is 27.8 Å². The zero-order valence-electron chi connectivity index (χ0n) is 14.5. The van der Waals surface area contributed by atoms with Gasteiger partial charge in [0.25, 0.3) is 0 Å². The summed E-state index contributed by atoms with van der Waals surface area (Å²) in [6.45, 7) is 10.0. The number of hydrogen-bond donors (Lipinski definition) is 2. The normalized spacial score (nSPS) is 12.2. The van der Waals surface area contributed by atoms with Crippen LogP contribution < -0.4 is 10.6 Å². The largest absolute Gasteiger partial charge is 0.469 e. The Bertz CT molecular complexity index is 416. The topological polar surface area (TPSA) is 52.8 Å². The summed E-state index contributed by atoms with van der Waals surface area (Å²) in [5, 5.41) is 6.63.